The number of amides is 1. The third kappa shape index (κ3) is 3.00. The largest absolute Gasteiger partial charge is 0.466 e. The Balaban J connectivity index is 1.80. The first kappa shape index (κ1) is 16.5. The fourth-order valence-corrected chi connectivity index (χ4v) is 3.21. The first-order chi connectivity index (χ1) is 11.4. The van der Waals surface area contributed by atoms with Crippen LogP contribution in [0.2, 0.25) is 0 Å². The summed E-state index contributed by atoms with van der Waals surface area (Å²) in [7, 11) is 3.88. The van der Waals surface area contributed by atoms with Crippen molar-refractivity contribution < 1.29 is 9.21 Å². The number of anilines is 1. The lowest BCUT2D eigenvalue weighted by molar-refractivity contribution is -0.133. The molecule has 0 aromatic carbocycles. The molecule has 2 aromatic rings. The lowest BCUT2D eigenvalue weighted by atomic mass is 9.98. The van der Waals surface area contributed by atoms with Crippen LogP contribution in [0, 0.1) is 13.8 Å². The minimum Gasteiger partial charge on any atom is -0.466 e. The van der Waals surface area contributed by atoms with Crippen LogP contribution in [0.5, 0.6) is 0 Å². The topological polar surface area (TPSA) is 62.5 Å². The van der Waals surface area contributed by atoms with Gasteiger partial charge in [0.1, 0.15) is 11.5 Å². The summed E-state index contributed by atoms with van der Waals surface area (Å²) >= 11 is 0. The summed E-state index contributed by atoms with van der Waals surface area (Å²) in [4.78, 5) is 16.8. The van der Waals surface area contributed by atoms with Crippen LogP contribution >= 0.6 is 0 Å². The molecule has 0 saturated heterocycles. The molecule has 1 atom stereocenters. The highest BCUT2D eigenvalue weighted by atomic mass is 16.3. The Morgan fingerprint density at radius 2 is 2.04 bits per heavy atom. The van der Waals surface area contributed by atoms with Crippen LogP contribution in [0.3, 0.4) is 0 Å². The normalized spacial score (nSPS) is 15.1. The van der Waals surface area contributed by atoms with E-state index < -0.39 is 0 Å². The number of carbonyl (C=O) groups is 1. The Morgan fingerprint density at radius 3 is 2.67 bits per heavy atom. The second-order valence-corrected chi connectivity index (χ2v) is 6.67. The molecule has 0 aliphatic carbocycles. The second kappa shape index (κ2) is 6.26. The van der Waals surface area contributed by atoms with Gasteiger partial charge in [-0.2, -0.15) is 5.10 Å². The molecule has 24 heavy (non-hydrogen) atoms. The average molecular weight is 328 g/mol. The highest BCUT2D eigenvalue weighted by Gasteiger charge is 2.28. The van der Waals surface area contributed by atoms with Crippen LogP contribution in [-0.4, -0.2) is 41.6 Å². The molecule has 6 nitrogen and oxygen atoms in total. The van der Waals surface area contributed by atoms with E-state index in [1.54, 1.807) is 0 Å². The van der Waals surface area contributed by atoms with Crippen LogP contribution in [0.1, 0.15) is 41.2 Å². The van der Waals surface area contributed by atoms with E-state index in [4.69, 9.17) is 4.42 Å². The maximum absolute atomic E-state index is 12.9. The van der Waals surface area contributed by atoms with Crippen LogP contribution in [0.25, 0.3) is 0 Å². The number of hydrogen-bond donors (Lipinski definition) is 0. The standard InChI is InChI=1S/C18H24N4O2/c1-11-8-15(13(3)24-11)12(2)18(23)22-7-6-16-14(10-22)9-17(20-19-16)21(4)5/h8-9,12H,6-7,10H2,1-5H3. The smallest absolute Gasteiger partial charge is 0.230 e. The number of furan rings is 1. The molecule has 0 N–H and O–H groups in total. The molecule has 1 unspecified atom stereocenters. The minimum atomic E-state index is -0.202. The van der Waals surface area contributed by atoms with Gasteiger partial charge >= 0.3 is 0 Å². The molecule has 128 valence electrons. The van der Waals surface area contributed by atoms with E-state index in [-0.39, 0.29) is 11.8 Å². The molecule has 3 rings (SSSR count). The van der Waals surface area contributed by atoms with Gasteiger partial charge in [0.25, 0.3) is 0 Å². The molecule has 0 bridgehead atoms. The summed E-state index contributed by atoms with van der Waals surface area (Å²) in [5.74, 6) is 2.42. The van der Waals surface area contributed by atoms with Gasteiger partial charge in [-0.3, -0.25) is 4.79 Å². The van der Waals surface area contributed by atoms with Gasteiger partial charge in [-0.1, -0.05) is 0 Å². The number of aryl methyl sites for hydroxylation is 2. The van der Waals surface area contributed by atoms with Gasteiger partial charge in [0.15, 0.2) is 5.82 Å². The van der Waals surface area contributed by atoms with Crippen molar-refractivity contribution in [3.05, 3.63) is 40.5 Å². The van der Waals surface area contributed by atoms with E-state index in [0.717, 1.165) is 40.6 Å². The van der Waals surface area contributed by atoms with Crippen molar-refractivity contribution in [1.82, 2.24) is 15.1 Å². The summed E-state index contributed by atoms with van der Waals surface area (Å²) in [5.41, 5.74) is 3.05. The molecule has 6 heteroatoms. The summed E-state index contributed by atoms with van der Waals surface area (Å²) in [6.45, 7) is 7.04. The van der Waals surface area contributed by atoms with Gasteiger partial charge in [0.2, 0.25) is 5.91 Å². The van der Waals surface area contributed by atoms with E-state index in [2.05, 4.69) is 10.2 Å². The van der Waals surface area contributed by atoms with Gasteiger partial charge < -0.3 is 14.2 Å². The predicted octanol–water partition coefficient (Wildman–Crippen LogP) is 2.44. The number of aromatic nitrogens is 2. The molecule has 1 aliphatic heterocycles. The highest BCUT2D eigenvalue weighted by Crippen LogP contribution is 2.27. The molecule has 1 aliphatic rings. The van der Waals surface area contributed by atoms with E-state index in [1.807, 2.05) is 56.8 Å². The molecule has 0 radical (unpaired) electrons. The quantitative estimate of drug-likeness (QED) is 0.866. The number of rotatable bonds is 3. The van der Waals surface area contributed by atoms with Gasteiger partial charge in [-0.25, -0.2) is 0 Å². The van der Waals surface area contributed by atoms with E-state index >= 15 is 0 Å². The first-order valence-electron chi connectivity index (χ1n) is 8.25. The van der Waals surface area contributed by atoms with Gasteiger partial charge in [-0.05, 0) is 38.5 Å². The fourth-order valence-electron chi connectivity index (χ4n) is 3.21. The maximum atomic E-state index is 12.9. The van der Waals surface area contributed by atoms with Crippen LogP contribution in [-0.2, 0) is 17.8 Å². The molecule has 3 heterocycles. The second-order valence-electron chi connectivity index (χ2n) is 6.67. The van der Waals surface area contributed by atoms with E-state index in [1.165, 1.54) is 0 Å². The molecule has 2 aromatic heterocycles. The zero-order valence-corrected chi connectivity index (χ0v) is 15.0. The molecular formula is C18H24N4O2. The number of nitrogens with zero attached hydrogens (tertiary/aromatic N) is 4. The minimum absolute atomic E-state index is 0.132. The van der Waals surface area contributed by atoms with E-state index in [0.29, 0.717) is 13.1 Å². The van der Waals surface area contributed by atoms with Crippen LogP contribution in [0.4, 0.5) is 5.82 Å². The lowest BCUT2D eigenvalue weighted by Gasteiger charge is -2.30. The third-order valence-corrected chi connectivity index (χ3v) is 4.61. The van der Waals surface area contributed by atoms with Gasteiger partial charge in [0, 0.05) is 39.2 Å². The van der Waals surface area contributed by atoms with Crippen molar-refractivity contribution in [3.63, 3.8) is 0 Å². The summed E-state index contributed by atoms with van der Waals surface area (Å²) in [6, 6.07) is 3.99. The molecule has 0 fully saturated rings. The van der Waals surface area contributed by atoms with E-state index in [9.17, 15) is 4.79 Å². The van der Waals surface area contributed by atoms with Crippen molar-refractivity contribution in [2.24, 2.45) is 0 Å². The summed E-state index contributed by atoms with van der Waals surface area (Å²) in [5, 5.41) is 8.53. The van der Waals surface area contributed by atoms with Crippen molar-refractivity contribution in [2.45, 2.75) is 39.7 Å². The Kier molecular flexibility index (Phi) is 4.30. The lowest BCUT2D eigenvalue weighted by Crippen LogP contribution is -2.39. The molecule has 1 amide bonds. The van der Waals surface area contributed by atoms with Gasteiger partial charge in [0.05, 0.1) is 11.6 Å². The Labute approximate surface area is 142 Å². The van der Waals surface area contributed by atoms with Crippen molar-refractivity contribution in [1.29, 1.82) is 0 Å². The van der Waals surface area contributed by atoms with Crippen molar-refractivity contribution in [3.8, 4) is 0 Å². The molecular weight excluding hydrogens is 304 g/mol. The van der Waals surface area contributed by atoms with Gasteiger partial charge in [-0.15, -0.1) is 5.10 Å². The molecule has 0 saturated carbocycles. The third-order valence-electron chi connectivity index (χ3n) is 4.61. The van der Waals surface area contributed by atoms with Crippen LogP contribution < -0.4 is 4.90 Å². The molecule has 0 spiro atoms. The summed E-state index contributed by atoms with van der Waals surface area (Å²) in [6.07, 6.45) is 0.748. The zero-order chi connectivity index (χ0) is 17.4. The number of hydrogen-bond acceptors (Lipinski definition) is 5. The SMILES string of the molecule is Cc1cc(C(C)C(=O)N2CCc3nnc(N(C)C)cc3C2)c(C)o1. The predicted molar refractivity (Wildman–Crippen MR) is 92.1 cm³/mol. The average Bonchev–Trinajstić information content (AvgIpc) is 2.90. The van der Waals surface area contributed by atoms with Crippen molar-refractivity contribution in [2.75, 3.05) is 25.5 Å². The fraction of sp³-hybridized carbons (Fsp3) is 0.500. The number of carbonyl (C=O) groups excluding carboxylic acids is 1. The van der Waals surface area contributed by atoms with Crippen LogP contribution in [0.15, 0.2) is 16.5 Å². The highest BCUT2D eigenvalue weighted by molar-refractivity contribution is 5.83. The van der Waals surface area contributed by atoms with Crippen molar-refractivity contribution >= 4 is 11.7 Å². The Morgan fingerprint density at radius 1 is 1.29 bits per heavy atom. The monoisotopic (exact) mass is 328 g/mol. The Hall–Kier alpha value is -2.37. The Bertz CT molecular complexity index is 766. The maximum Gasteiger partial charge on any atom is 0.230 e. The zero-order valence-electron chi connectivity index (χ0n) is 15.0. The first-order valence-corrected chi connectivity index (χ1v) is 8.25. The number of fused-ring (bicyclic) bond motifs is 1. The summed E-state index contributed by atoms with van der Waals surface area (Å²) < 4.78 is 5.58.